The Morgan fingerprint density at radius 3 is 2.94 bits per heavy atom. The Morgan fingerprint density at radius 1 is 1.59 bits per heavy atom. The van der Waals surface area contributed by atoms with Crippen LogP contribution in [0.15, 0.2) is 22.7 Å². The number of nitrogens with two attached hydrogens (primary N) is 1. The van der Waals surface area contributed by atoms with Crippen molar-refractivity contribution in [3.8, 4) is 0 Å². The summed E-state index contributed by atoms with van der Waals surface area (Å²) in [5, 5.41) is 7.43. The van der Waals surface area contributed by atoms with Crippen molar-refractivity contribution in [2.24, 2.45) is 5.73 Å². The number of rotatable bonds is 2. The summed E-state index contributed by atoms with van der Waals surface area (Å²) in [6.45, 7) is 3.32. The highest BCUT2D eigenvalue weighted by molar-refractivity contribution is 9.10. The third-order valence-electron chi connectivity index (χ3n) is 2.94. The van der Waals surface area contributed by atoms with E-state index in [0.29, 0.717) is 6.04 Å². The molecular weight excluding hydrogens is 298 g/mol. The molecule has 3 nitrogen and oxygen atoms in total. The second-order valence-electron chi connectivity index (χ2n) is 4.20. The number of nitrogens with zero attached hydrogens (tertiary/aromatic N) is 1. The molecular formula is C12H16BrN3S. The van der Waals surface area contributed by atoms with Crippen LogP contribution in [0.4, 0.5) is 5.69 Å². The fraction of sp³-hybridized carbons (Fsp3) is 0.417. The van der Waals surface area contributed by atoms with E-state index in [9.17, 15) is 0 Å². The molecule has 5 heteroatoms. The van der Waals surface area contributed by atoms with Gasteiger partial charge in [0.1, 0.15) is 5.84 Å². The molecule has 92 valence electrons. The normalized spacial score (nSPS) is 20.4. The van der Waals surface area contributed by atoms with Crippen LogP contribution in [0.5, 0.6) is 0 Å². The van der Waals surface area contributed by atoms with Gasteiger partial charge in [0.2, 0.25) is 0 Å². The minimum atomic E-state index is 0.111. The second-order valence-corrected chi connectivity index (χ2v) is 6.20. The van der Waals surface area contributed by atoms with Crippen LogP contribution in [0.2, 0.25) is 0 Å². The van der Waals surface area contributed by atoms with Gasteiger partial charge in [-0.25, -0.2) is 0 Å². The molecule has 1 aliphatic heterocycles. The summed E-state index contributed by atoms with van der Waals surface area (Å²) >= 11 is 5.58. The SMILES string of the molecule is CC1CSCCN1c1ccc(C(=N)N)cc1Br. The molecule has 1 aromatic carbocycles. The van der Waals surface area contributed by atoms with Crippen LogP contribution in [0.1, 0.15) is 12.5 Å². The molecule has 1 aromatic rings. The van der Waals surface area contributed by atoms with Crippen molar-refractivity contribution in [1.29, 1.82) is 5.41 Å². The summed E-state index contributed by atoms with van der Waals surface area (Å²) in [7, 11) is 0. The Morgan fingerprint density at radius 2 is 2.35 bits per heavy atom. The highest BCUT2D eigenvalue weighted by atomic mass is 79.9. The highest BCUT2D eigenvalue weighted by Gasteiger charge is 2.20. The maximum Gasteiger partial charge on any atom is 0.122 e. The van der Waals surface area contributed by atoms with E-state index in [2.05, 4.69) is 27.8 Å². The van der Waals surface area contributed by atoms with Gasteiger partial charge < -0.3 is 10.6 Å². The van der Waals surface area contributed by atoms with Crippen molar-refractivity contribution in [1.82, 2.24) is 0 Å². The molecule has 0 bridgehead atoms. The molecule has 0 amide bonds. The minimum absolute atomic E-state index is 0.111. The lowest BCUT2D eigenvalue weighted by Gasteiger charge is -2.35. The zero-order chi connectivity index (χ0) is 12.4. The van der Waals surface area contributed by atoms with E-state index < -0.39 is 0 Å². The van der Waals surface area contributed by atoms with Gasteiger partial charge in [-0.15, -0.1) is 0 Å². The number of benzene rings is 1. The molecule has 1 aliphatic rings. The standard InChI is InChI=1S/C12H16BrN3S/c1-8-7-17-5-4-16(8)11-3-2-9(12(14)15)6-10(11)13/h2-3,6,8H,4-5,7H2,1H3,(H3,14,15). The highest BCUT2D eigenvalue weighted by Crippen LogP contribution is 2.31. The third-order valence-corrected chi connectivity index (χ3v) is 4.76. The van der Waals surface area contributed by atoms with Crippen molar-refractivity contribution in [3.63, 3.8) is 0 Å². The molecule has 1 fully saturated rings. The van der Waals surface area contributed by atoms with E-state index in [1.165, 1.54) is 17.2 Å². The van der Waals surface area contributed by atoms with E-state index in [4.69, 9.17) is 11.1 Å². The maximum absolute atomic E-state index is 7.43. The average Bonchev–Trinajstić information content (AvgIpc) is 2.30. The number of hydrogen-bond acceptors (Lipinski definition) is 3. The molecule has 0 saturated carbocycles. The molecule has 1 saturated heterocycles. The van der Waals surface area contributed by atoms with Gasteiger partial charge in [0, 0.05) is 34.1 Å². The molecule has 2 rings (SSSR count). The van der Waals surface area contributed by atoms with Crippen LogP contribution in [-0.4, -0.2) is 29.9 Å². The predicted molar refractivity (Wildman–Crippen MR) is 79.3 cm³/mol. The largest absolute Gasteiger partial charge is 0.384 e. The third kappa shape index (κ3) is 2.77. The number of nitrogen functional groups attached to an aromatic ring is 1. The van der Waals surface area contributed by atoms with Crippen LogP contribution in [-0.2, 0) is 0 Å². The van der Waals surface area contributed by atoms with Crippen molar-refractivity contribution >= 4 is 39.2 Å². The van der Waals surface area contributed by atoms with E-state index >= 15 is 0 Å². The van der Waals surface area contributed by atoms with Gasteiger partial charge in [-0.1, -0.05) is 0 Å². The molecule has 0 aliphatic carbocycles. The number of nitrogens with one attached hydrogen (secondary N) is 1. The van der Waals surface area contributed by atoms with Crippen molar-refractivity contribution < 1.29 is 0 Å². The van der Waals surface area contributed by atoms with Crippen molar-refractivity contribution in [2.45, 2.75) is 13.0 Å². The quantitative estimate of drug-likeness (QED) is 0.652. The number of hydrogen-bond donors (Lipinski definition) is 2. The summed E-state index contributed by atoms with van der Waals surface area (Å²) in [4.78, 5) is 2.41. The Kier molecular flexibility index (Phi) is 3.99. The van der Waals surface area contributed by atoms with Crippen LogP contribution in [0.3, 0.4) is 0 Å². The fourth-order valence-electron chi connectivity index (χ4n) is 1.99. The Labute approximate surface area is 114 Å². The summed E-state index contributed by atoms with van der Waals surface area (Å²) < 4.78 is 1.02. The second kappa shape index (κ2) is 5.31. The molecule has 1 atom stereocenters. The van der Waals surface area contributed by atoms with Crippen LogP contribution >= 0.6 is 27.7 Å². The molecule has 17 heavy (non-hydrogen) atoms. The topological polar surface area (TPSA) is 53.1 Å². The first kappa shape index (κ1) is 12.8. The van der Waals surface area contributed by atoms with E-state index in [0.717, 1.165) is 16.6 Å². The van der Waals surface area contributed by atoms with Gasteiger partial charge in [-0.05, 0) is 41.1 Å². The van der Waals surface area contributed by atoms with Gasteiger partial charge >= 0.3 is 0 Å². The van der Waals surface area contributed by atoms with Crippen LogP contribution in [0, 0.1) is 5.41 Å². The molecule has 0 radical (unpaired) electrons. The first-order chi connectivity index (χ1) is 8.09. The summed E-state index contributed by atoms with van der Waals surface area (Å²) in [6, 6.07) is 6.43. The lowest BCUT2D eigenvalue weighted by molar-refractivity contribution is 0.698. The number of anilines is 1. The summed E-state index contributed by atoms with van der Waals surface area (Å²) in [6.07, 6.45) is 0. The Hall–Kier alpha value is -0.680. The number of amidine groups is 1. The average molecular weight is 314 g/mol. The van der Waals surface area contributed by atoms with Gasteiger partial charge in [-0.2, -0.15) is 11.8 Å². The first-order valence-electron chi connectivity index (χ1n) is 5.58. The molecule has 0 spiro atoms. The Balaban J connectivity index is 2.29. The summed E-state index contributed by atoms with van der Waals surface area (Å²) in [5.41, 5.74) is 7.44. The zero-order valence-corrected chi connectivity index (χ0v) is 12.1. The molecule has 0 aromatic heterocycles. The zero-order valence-electron chi connectivity index (χ0n) is 9.74. The van der Waals surface area contributed by atoms with E-state index in [1.807, 2.05) is 30.0 Å². The van der Waals surface area contributed by atoms with E-state index in [-0.39, 0.29) is 5.84 Å². The minimum Gasteiger partial charge on any atom is -0.384 e. The van der Waals surface area contributed by atoms with Gasteiger partial charge in [0.15, 0.2) is 0 Å². The van der Waals surface area contributed by atoms with Crippen LogP contribution < -0.4 is 10.6 Å². The predicted octanol–water partition coefficient (Wildman–Crippen LogP) is 2.67. The van der Waals surface area contributed by atoms with Crippen molar-refractivity contribution in [2.75, 3.05) is 23.0 Å². The van der Waals surface area contributed by atoms with Gasteiger partial charge in [0.05, 0.1) is 5.69 Å². The van der Waals surface area contributed by atoms with Crippen molar-refractivity contribution in [3.05, 3.63) is 28.2 Å². The summed E-state index contributed by atoms with van der Waals surface area (Å²) in [5.74, 6) is 2.45. The molecule has 1 unspecified atom stereocenters. The van der Waals surface area contributed by atoms with Crippen LogP contribution in [0.25, 0.3) is 0 Å². The maximum atomic E-state index is 7.43. The van der Waals surface area contributed by atoms with E-state index in [1.54, 1.807) is 0 Å². The fourth-order valence-corrected chi connectivity index (χ4v) is 3.61. The Bertz CT molecular complexity index is 436. The first-order valence-corrected chi connectivity index (χ1v) is 7.52. The van der Waals surface area contributed by atoms with Gasteiger partial charge in [0.25, 0.3) is 0 Å². The molecule has 3 N–H and O–H groups in total. The number of thioether (sulfide) groups is 1. The monoisotopic (exact) mass is 313 g/mol. The smallest absolute Gasteiger partial charge is 0.122 e. The lowest BCUT2D eigenvalue weighted by Crippen LogP contribution is -2.40. The lowest BCUT2D eigenvalue weighted by atomic mass is 10.1. The van der Waals surface area contributed by atoms with Gasteiger partial charge in [-0.3, -0.25) is 5.41 Å². The molecule has 1 heterocycles. The number of halogens is 1.